The Bertz CT molecular complexity index is 354. The normalized spacial score (nSPS) is 12.6. The lowest BCUT2D eigenvalue weighted by Crippen LogP contribution is -1.92. The van der Waals surface area contributed by atoms with Gasteiger partial charge in [0.05, 0.1) is 10.5 Å². The Morgan fingerprint density at radius 1 is 1.22 bits per heavy atom. The third-order valence-corrected chi connectivity index (χ3v) is 2.09. The van der Waals surface area contributed by atoms with E-state index in [0.29, 0.717) is 6.29 Å². The molecule has 0 aliphatic carbocycles. The number of hydrogen-bond donors (Lipinski definition) is 0. The van der Waals surface area contributed by atoms with Gasteiger partial charge < -0.3 is 4.74 Å². The summed E-state index contributed by atoms with van der Waals surface area (Å²) in [5, 5.41) is 10.2. The van der Waals surface area contributed by atoms with Gasteiger partial charge in [0, 0.05) is 19.3 Å². The van der Waals surface area contributed by atoms with Crippen LogP contribution in [0.1, 0.15) is 37.0 Å². The van der Waals surface area contributed by atoms with Crippen LogP contribution >= 0.6 is 0 Å². The molecule has 2 rings (SSSR count). The Labute approximate surface area is 107 Å². The van der Waals surface area contributed by atoms with Gasteiger partial charge in [-0.15, -0.1) is 0 Å². The molecular formula is C13H19NO4. The van der Waals surface area contributed by atoms with E-state index in [4.69, 9.17) is 4.74 Å². The van der Waals surface area contributed by atoms with Crippen molar-refractivity contribution in [3.63, 3.8) is 0 Å². The summed E-state index contributed by atoms with van der Waals surface area (Å²) >= 11 is 0. The van der Waals surface area contributed by atoms with E-state index in [1.54, 1.807) is 6.07 Å². The number of carbonyl (C=O) groups is 1. The van der Waals surface area contributed by atoms with Gasteiger partial charge >= 0.3 is 0 Å². The van der Waals surface area contributed by atoms with Gasteiger partial charge in [-0.2, -0.15) is 0 Å². The summed E-state index contributed by atoms with van der Waals surface area (Å²) in [5.41, 5.74) is -0.0417. The summed E-state index contributed by atoms with van der Waals surface area (Å²) in [6.07, 6.45) is 3.03. The van der Waals surface area contributed by atoms with E-state index < -0.39 is 4.92 Å². The molecule has 0 unspecified atom stereocenters. The molecule has 1 aromatic carbocycles. The van der Waals surface area contributed by atoms with Gasteiger partial charge in [-0.05, 0) is 18.9 Å². The third kappa shape index (κ3) is 6.10. The number of hydrogen-bond acceptors (Lipinski definition) is 4. The first-order chi connectivity index (χ1) is 8.75. The van der Waals surface area contributed by atoms with Crippen LogP contribution in [-0.2, 0) is 4.74 Å². The molecule has 100 valence electrons. The van der Waals surface area contributed by atoms with Crippen molar-refractivity contribution in [2.75, 3.05) is 13.2 Å². The summed E-state index contributed by atoms with van der Waals surface area (Å²) in [7, 11) is 0. The van der Waals surface area contributed by atoms with Crippen molar-refractivity contribution in [3.05, 3.63) is 39.9 Å². The van der Waals surface area contributed by atoms with Gasteiger partial charge in [0.2, 0.25) is 0 Å². The van der Waals surface area contributed by atoms with E-state index in [2.05, 4.69) is 0 Å². The molecule has 0 N–H and O–H groups in total. The number of benzene rings is 1. The molecule has 1 aliphatic heterocycles. The number of para-hydroxylation sites is 1. The van der Waals surface area contributed by atoms with Crippen LogP contribution in [0.2, 0.25) is 0 Å². The smallest absolute Gasteiger partial charge is 0.279 e. The largest absolute Gasteiger partial charge is 0.381 e. The van der Waals surface area contributed by atoms with Crippen LogP contribution in [0.15, 0.2) is 24.3 Å². The van der Waals surface area contributed by atoms with Crippen molar-refractivity contribution in [1.82, 2.24) is 0 Å². The molecule has 1 heterocycles. The topological polar surface area (TPSA) is 69.4 Å². The highest BCUT2D eigenvalue weighted by Gasteiger charge is 2.09. The maximum atomic E-state index is 10.2. The van der Waals surface area contributed by atoms with Crippen molar-refractivity contribution in [2.24, 2.45) is 0 Å². The number of nitro benzene ring substituents is 1. The first-order valence-electron chi connectivity index (χ1n) is 6.02. The summed E-state index contributed by atoms with van der Waals surface area (Å²) in [6.45, 7) is 6.00. The third-order valence-electron chi connectivity index (χ3n) is 2.09. The number of nitrogens with zero attached hydrogens (tertiary/aromatic N) is 1. The monoisotopic (exact) mass is 253 g/mol. The van der Waals surface area contributed by atoms with Crippen LogP contribution in [0.4, 0.5) is 5.69 Å². The Morgan fingerprint density at radius 3 is 2.11 bits per heavy atom. The fourth-order valence-corrected chi connectivity index (χ4v) is 1.26. The molecular weight excluding hydrogens is 234 g/mol. The van der Waals surface area contributed by atoms with Gasteiger partial charge in [-0.1, -0.05) is 26.0 Å². The minimum atomic E-state index is -0.580. The number of ether oxygens (including phenoxy) is 1. The first-order valence-corrected chi connectivity index (χ1v) is 6.02. The van der Waals surface area contributed by atoms with Crippen LogP contribution < -0.4 is 0 Å². The zero-order chi connectivity index (χ0) is 13.8. The number of nitro groups is 1. The predicted molar refractivity (Wildman–Crippen MR) is 69.9 cm³/mol. The molecule has 1 aromatic rings. The molecule has 5 heteroatoms. The maximum Gasteiger partial charge on any atom is 0.279 e. The van der Waals surface area contributed by atoms with Crippen molar-refractivity contribution >= 4 is 12.0 Å². The highest BCUT2D eigenvalue weighted by molar-refractivity contribution is 5.81. The number of aldehydes is 1. The molecule has 0 aromatic heterocycles. The fourth-order valence-electron chi connectivity index (χ4n) is 1.26. The molecule has 0 spiro atoms. The maximum absolute atomic E-state index is 10.2. The number of carbonyl (C=O) groups excluding carboxylic acids is 1. The molecule has 0 bridgehead atoms. The predicted octanol–water partition coefficient (Wildman–Crippen LogP) is 3.23. The average molecular weight is 253 g/mol. The lowest BCUT2D eigenvalue weighted by atomic mass is 10.2. The van der Waals surface area contributed by atoms with Crippen LogP contribution in [0, 0.1) is 10.1 Å². The SMILES string of the molecule is C1CCOC1.CC.O=Cc1ccccc1[N+](=O)[O-]. The Hall–Kier alpha value is -1.75. The first kappa shape index (κ1) is 16.2. The molecule has 0 atom stereocenters. The highest BCUT2D eigenvalue weighted by Crippen LogP contribution is 2.14. The van der Waals surface area contributed by atoms with E-state index in [0.717, 1.165) is 13.2 Å². The molecule has 1 aliphatic rings. The van der Waals surface area contributed by atoms with Crippen LogP contribution in [0.25, 0.3) is 0 Å². The van der Waals surface area contributed by atoms with Gasteiger partial charge in [0.25, 0.3) is 5.69 Å². The average Bonchev–Trinajstić information content (AvgIpc) is 3.00. The molecule has 0 saturated carbocycles. The second kappa shape index (κ2) is 10.4. The van der Waals surface area contributed by atoms with E-state index in [1.165, 1.54) is 31.0 Å². The Morgan fingerprint density at radius 2 is 1.78 bits per heavy atom. The van der Waals surface area contributed by atoms with E-state index in [-0.39, 0.29) is 11.3 Å². The number of rotatable bonds is 2. The highest BCUT2D eigenvalue weighted by atomic mass is 16.6. The zero-order valence-corrected chi connectivity index (χ0v) is 10.8. The fraction of sp³-hybridized carbons (Fsp3) is 0.462. The van der Waals surface area contributed by atoms with Crippen molar-refractivity contribution in [2.45, 2.75) is 26.7 Å². The lowest BCUT2D eigenvalue weighted by molar-refractivity contribution is -0.385. The Balaban J connectivity index is 0.000000343. The van der Waals surface area contributed by atoms with E-state index in [9.17, 15) is 14.9 Å². The van der Waals surface area contributed by atoms with E-state index in [1.807, 2.05) is 13.8 Å². The van der Waals surface area contributed by atoms with Gasteiger partial charge in [0.15, 0.2) is 6.29 Å². The standard InChI is InChI=1S/C7H5NO3.C4H8O.C2H6/c9-5-6-3-1-2-4-7(6)8(10)11;1-2-4-5-3-1;1-2/h1-5H;1-4H2;1-2H3. The zero-order valence-electron chi connectivity index (χ0n) is 10.8. The molecule has 1 saturated heterocycles. The van der Waals surface area contributed by atoms with Crippen LogP contribution in [-0.4, -0.2) is 24.4 Å². The minimum absolute atomic E-state index is 0.109. The summed E-state index contributed by atoms with van der Waals surface area (Å²) in [5.74, 6) is 0. The summed E-state index contributed by atoms with van der Waals surface area (Å²) < 4.78 is 4.94. The Kier molecular flexibility index (Phi) is 9.40. The van der Waals surface area contributed by atoms with E-state index >= 15 is 0 Å². The second-order valence-corrected chi connectivity index (χ2v) is 3.25. The molecule has 5 nitrogen and oxygen atoms in total. The van der Waals surface area contributed by atoms with Gasteiger partial charge in [0.1, 0.15) is 0 Å². The van der Waals surface area contributed by atoms with Crippen molar-refractivity contribution < 1.29 is 14.5 Å². The molecule has 1 fully saturated rings. The minimum Gasteiger partial charge on any atom is -0.381 e. The van der Waals surface area contributed by atoms with Gasteiger partial charge in [-0.25, -0.2) is 0 Å². The molecule has 0 radical (unpaired) electrons. The quantitative estimate of drug-likeness (QED) is 0.461. The van der Waals surface area contributed by atoms with Crippen molar-refractivity contribution in [1.29, 1.82) is 0 Å². The summed E-state index contributed by atoms with van der Waals surface area (Å²) in [4.78, 5) is 19.9. The van der Waals surface area contributed by atoms with Crippen LogP contribution in [0.5, 0.6) is 0 Å². The van der Waals surface area contributed by atoms with Crippen molar-refractivity contribution in [3.8, 4) is 0 Å². The summed E-state index contributed by atoms with van der Waals surface area (Å²) in [6, 6.07) is 5.80. The van der Waals surface area contributed by atoms with Crippen LogP contribution in [0.3, 0.4) is 0 Å². The second-order valence-electron chi connectivity index (χ2n) is 3.25. The molecule has 0 amide bonds. The molecule has 18 heavy (non-hydrogen) atoms. The van der Waals surface area contributed by atoms with Gasteiger partial charge in [-0.3, -0.25) is 14.9 Å². The lowest BCUT2D eigenvalue weighted by Gasteiger charge is -1.91.